The van der Waals surface area contributed by atoms with Crippen molar-refractivity contribution in [2.24, 2.45) is 0 Å². The first-order chi connectivity index (χ1) is 10.4. The zero-order chi connectivity index (χ0) is 16.2. The number of carbonyl (C=O) groups is 1. The fourth-order valence-electron chi connectivity index (χ4n) is 2.09. The predicted octanol–water partition coefficient (Wildman–Crippen LogP) is 2.20. The Kier molecular flexibility index (Phi) is 4.99. The summed E-state index contributed by atoms with van der Waals surface area (Å²) in [5, 5.41) is 8.89. The third-order valence-corrected chi connectivity index (χ3v) is 4.80. The summed E-state index contributed by atoms with van der Waals surface area (Å²) in [5.74, 6) is -0.278. The normalized spacial score (nSPS) is 11.5. The van der Waals surface area contributed by atoms with Gasteiger partial charge in [-0.1, -0.05) is 0 Å². The van der Waals surface area contributed by atoms with Crippen LogP contribution in [-0.2, 0) is 16.4 Å². The van der Waals surface area contributed by atoms with Gasteiger partial charge in [0.25, 0.3) is 0 Å². The molecule has 2 N–H and O–H groups in total. The van der Waals surface area contributed by atoms with Crippen LogP contribution in [0.2, 0.25) is 0 Å². The highest BCUT2D eigenvalue weighted by atomic mass is 32.2. The smallest absolute Gasteiger partial charge is 0.335 e. The Labute approximate surface area is 128 Å². The molecule has 0 unspecified atom stereocenters. The van der Waals surface area contributed by atoms with Crippen LogP contribution in [0.15, 0.2) is 45.9 Å². The number of furan rings is 1. The first-order valence-corrected chi connectivity index (χ1v) is 8.24. The number of nitrogens with one attached hydrogen (secondary N) is 1. The van der Waals surface area contributed by atoms with E-state index in [-0.39, 0.29) is 17.0 Å². The summed E-state index contributed by atoms with van der Waals surface area (Å²) in [7, 11) is -3.65. The second-order valence-electron chi connectivity index (χ2n) is 4.87. The molecule has 0 saturated carbocycles. The van der Waals surface area contributed by atoms with Crippen LogP contribution >= 0.6 is 0 Å². The fourth-order valence-corrected chi connectivity index (χ4v) is 3.38. The zero-order valence-corrected chi connectivity index (χ0v) is 12.9. The Morgan fingerprint density at radius 2 is 2.09 bits per heavy atom. The summed E-state index contributed by atoms with van der Waals surface area (Å²) >= 11 is 0. The second-order valence-corrected chi connectivity index (χ2v) is 6.60. The van der Waals surface area contributed by atoms with Crippen molar-refractivity contribution in [2.75, 3.05) is 6.54 Å². The molecule has 0 aliphatic rings. The minimum atomic E-state index is -3.65. The fraction of sp³-hybridized carbons (Fsp3) is 0.267. The van der Waals surface area contributed by atoms with E-state index in [1.165, 1.54) is 18.2 Å². The van der Waals surface area contributed by atoms with E-state index in [2.05, 4.69) is 4.72 Å². The number of benzene rings is 1. The molecule has 0 amide bonds. The lowest BCUT2D eigenvalue weighted by atomic mass is 10.1. The molecule has 0 saturated heterocycles. The number of aryl methyl sites for hydroxylation is 2. The minimum Gasteiger partial charge on any atom is -0.478 e. The minimum absolute atomic E-state index is 0.0641. The number of sulfonamides is 1. The summed E-state index contributed by atoms with van der Waals surface area (Å²) in [6.45, 7) is 1.85. The molecule has 2 aromatic rings. The van der Waals surface area contributed by atoms with Crippen LogP contribution in [0.4, 0.5) is 0 Å². The quantitative estimate of drug-likeness (QED) is 0.761. The lowest BCUT2D eigenvalue weighted by Gasteiger charge is -2.09. The van der Waals surface area contributed by atoms with Gasteiger partial charge < -0.3 is 9.52 Å². The van der Waals surface area contributed by atoms with E-state index in [1.807, 2.05) is 6.07 Å². The lowest BCUT2D eigenvalue weighted by molar-refractivity contribution is 0.0696. The largest absolute Gasteiger partial charge is 0.478 e. The summed E-state index contributed by atoms with van der Waals surface area (Å²) < 4.78 is 32.1. The van der Waals surface area contributed by atoms with Gasteiger partial charge in [0.2, 0.25) is 10.0 Å². The summed E-state index contributed by atoms with van der Waals surface area (Å²) in [4.78, 5) is 11.0. The Morgan fingerprint density at radius 1 is 1.32 bits per heavy atom. The second kappa shape index (κ2) is 6.76. The number of carboxylic acids is 1. The van der Waals surface area contributed by atoms with Crippen molar-refractivity contribution in [1.82, 2.24) is 4.72 Å². The van der Waals surface area contributed by atoms with Crippen LogP contribution in [0.3, 0.4) is 0 Å². The third-order valence-electron chi connectivity index (χ3n) is 3.18. The van der Waals surface area contributed by atoms with E-state index in [0.717, 1.165) is 5.76 Å². The molecule has 118 valence electrons. The molecule has 2 rings (SSSR count). The van der Waals surface area contributed by atoms with Crippen LogP contribution in [0.1, 0.15) is 28.1 Å². The molecule has 7 heteroatoms. The molecule has 1 aromatic carbocycles. The Bertz CT molecular complexity index is 750. The Balaban J connectivity index is 1.99. The maximum Gasteiger partial charge on any atom is 0.335 e. The number of rotatable bonds is 7. The highest BCUT2D eigenvalue weighted by Crippen LogP contribution is 2.17. The van der Waals surface area contributed by atoms with Gasteiger partial charge in [-0.2, -0.15) is 0 Å². The van der Waals surface area contributed by atoms with Crippen LogP contribution < -0.4 is 4.72 Å². The van der Waals surface area contributed by atoms with E-state index < -0.39 is 16.0 Å². The van der Waals surface area contributed by atoms with Crippen LogP contribution in [-0.4, -0.2) is 26.0 Å². The van der Waals surface area contributed by atoms with Crippen LogP contribution in [0.25, 0.3) is 0 Å². The maximum absolute atomic E-state index is 12.2. The van der Waals surface area contributed by atoms with Crippen LogP contribution in [0, 0.1) is 6.92 Å². The maximum atomic E-state index is 12.2. The molecule has 0 atom stereocenters. The molecular formula is C15H17NO5S. The van der Waals surface area contributed by atoms with Gasteiger partial charge >= 0.3 is 5.97 Å². The summed E-state index contributed by atoms with van der Waals surface area (Å²) in [5.41, 5.74) is 0.465. The molecule has 22 heavy (non-hydrogen) atoms. The van der Waals surface area contributed by atoms with Gasteiger partial charge in [-0.05, 0) is 49.2 Å². The van der Waals surface area contributed by atoms with Gasteiger partial charge in [0.1, 0.15) is 5.76 Å². The first kappa shape index (κ1) is 16.3. The van der Waals surface area contributed by atoms with Crippen molar-refractivity contribution < 1.29 is 22.7 Å². The number of aromatic carboxylic acids is 1. The average Bonchev–Trinajstić information content (AvgIpc) is 2.96. The van der Waals surface area contributed by atoms with E-state index in [1.54, 1.807) is 19.3 Å². The van der Waals surface area contributed by atoms with E-state index in [4.69, 9.17) is 9.52 Å². The molecular weight excluding hydrogens is 306 g/mol. The zero-order valence-electron chi connectivity index (χ0n) is 12.1. The molecule has 6 nitrogen and oxygen atoms in total. The highest BCUT2D eigenvalue weighted by molar-refractivity contribution is 7.89. The average molecular weight is 323 g/mol. The molecule has 0 radical (unpaired) electrons. The van der Waals surface area contributed by atoms with Crippen molar-refractivity contribution in [3.63, 3.8) is 0 Å². The first-order valence-electron chi connectivity index (χ1n) is 6.76. The topological polar surface area (TPSA) is 96.6 Å². The van der Waals surface area contributed by atoms with Gasteiger partial charge in [0.15, 0.2) is 0 Å². The van der Waals surface area contributed by atoms with Crippen LogP contribution in [0.5, 0.6) is 0 Å². The van der Waals surface area contributed by atoms with Gasteiger partial charge in [-0.3, -0.25) is 0 Å². The summed E-state index contributed by atoms with van der Waals surface area (Å²) in [6, 6.07) is 7.57. The van der Waals surface area contributed by atoms with Gasteiger partial charge in [-0.15, -0.1) is 0 Å². The monoisotopic (exact) mass is 323 g/mol. The van der Waals surface area contributed by atoms with Crippen molar-refractivity contribution in [2.45, 2.75) is 24.7 Å². The van der Waals surface area contributed by atoms with Crippen molar-refractivity contribution in [3.8, 4) is 0 Å². The van der Waals surface area contributed by atoms with E-state index in [0.29, 0.717) is 18.4 Å². The lowest BCUT2D eigenvalue weighted by Crippen LogP contribution is -2.26. The van der Waals surface area contributed by atoms with E-state index in [9.17, 15) is 13.2 Å². The number of hydrogen-bond acceptors (Lipinski definition) is 4. The van der Waals surface area contributed by atoms with Crippen molar-refractivity contribution in [1.29, 1.82) is 0 Å². The third kappa shape index (κ3) is 3.96. The molecule has 1 aromatic heterocycles. The number of hydrogen-bond donors (Lipinski definition) is 2. The van der Waals surface area contributed by atoms with Gasteiger partial charge in [0, 0.05) is 13.0 Å². The molecule has 1 heterocycles. The van der Waals surface area contributed by atoms with Crippen molar-refractivity contribution in [3.05, 3.63) is 53.5 Å². The molecule has 0 spiro atoms. The number of carboxylic acid groups (broad SMARTS) is 1. The molecule has 0 fully saturated rings. The Hall–Kier alpha value is -2.12. The SMILES string of the molecule is Cc1cc(C(=O)O)ccc1S(=O)(=O)NCCCc1ccco1. The Morgan fingerprint density at radius 3 is 2.68 bits per heavy atom. The molecule has 0 bridgehead atoms. The molecule has 0 aliphatic heterocycles. The molecule has 0 aliphatic carbocycles. The van der Waals surface area contributed by atoms with Gasteiger partial charge in [-0.25, -0.2) is 17.9 Å². The highest BCUT2D eigenvalue weighted by Gasteiger charge is 2.17. The predicted molar refractivity (Wildman–Crippen MR) is 80.4 cm³/mol. The van der Waals surface area contributed by atoms with E-state index >= 15 is 0 Å². The standard InChI is InChI=1S/C15H17NO5S/c1-11-10-12(15(17)18)6-7-14(11)22(19,20)16-8-2-4-13-5-3-9-21-13/h3,5-7,9-10,16H,2,4,8H2,1H3,(H,17,18). The van der Waals surface area contributed by atoms with Gasteiger partial charge in [0.05, 0.1) is 16.7 Å². The van der Waals surface area contributed by atoms with Crippen molar-refractivity contribution >= 4 is 16.0 Å². The summed E-state index contributed by atoms with van der Waals surface area (Å²) in [6.07, 6.45) is 2.83.